The lowest BCUT2D eigenvalue weighted by Crippen LogP contribution is -2.25. The lowest BCUT2D eigenvalue weighted by atomic mass is 9.67. The highest BCUT2D eigenvalue weighted by Gasteiger charge is 2.51. The van der Waals surface area contributed by atoms with Gasteiger partial charge in [0.15, 0.2) is 0 Å². The minimum atomic E-state index is 0.695. The van der Waals surface area contributed by atoms with E-state index in [9.17, 15) is 0 Å². The van der Waals surface area contributed by atoms with Gasteiger partial charge < -0.3 is 0 Å². The van der Waals surface area contributed by atoms with E-state index in [4.69, 9.17) is 15.0 Å². The molecule has 0 radical (unpaired) electrons. The standard InChI is InChI=1S/C39H39N3/c1-18-6-24-12-19(1)25(7-18)31-15-41-39-34(32(24)31)38-29(13-28-22-4-17-3-21(11-22)27(9-17)36(28)42-38)37-35(39)33-26-8-16-2-20(26)10-23(5-16)30(33)14-40-37/h13-27H,1-12H2. The Hall–Kier alpha value is -2.55. The molecule has 9 bridgehead atoms. The van der Waals surface area contributed by atoms with E-state index in [2.05, 4.69) is 18.5 Å². The molecule has 6 fully saturated rings. The molecule has 0 amide bonds. The summed E-state index contributed by atoms with van der Waals surface area (Å²) in [6, 6.07) is 2.67. The third-order valence-corrected chi connectivity index (χ3v) is 15.5. The van der Waals surface area contributed by atoms with Crippen molar-refractivity contribution < 1.29 is 0 Å². The molecule has 3 aromatic heterocycles. The molecule has 9 aliphatic carbocycles. The first kappa shape index (κ1) is 22.0. The maximum atomic E-state index is 5.89. The van der Waals surface area contributed by atoms with Crippen molar-refractivity contribution in [1.82, 2.24) is 15.0 Å². The van der Waals surface area contributed by atoms with Gasteiger partial charge in [0.25, 0.3) is 0 Å². The van der Waals surface area contributed by atoms with Crippen LogP contribution in [0.5, 0.6) is 0 Å². The van der Waals surface area contributed by atoms with Crippen LogP contribution in [0, 0.1) is 35.5 Å². The second-order valence-electron chi connectivity index (χ2n) is 17.2. The predicted molar refractivity (Wildman–Crippen MR) is 165 cm³/mol. The van der Waals surface area contributed by atoms with E-state index in [0.29, 0.717) is 11.8 Å². The Morgan fingerprint density at radius 1 is 0.476 bits per heavy atom. The lowest BCUT2D eigenvalue weighted by Gasteiger charge is -2.38. The Bertz CT molecular complexity index is 1950. The first-order valence-corrected chi connectivity index (χ1v) is 17.8. The van der Waals surface area contributed by atoms with Crippen LogP contribution in [0.4, 0.5) is 0 Å². The van der Waals surface area contributed by atoms with Crippen LogP contribution in [0.25, 0.3) is 32.7 Å². The van der Waals surface area contributed by atoms with Gasteiger partial charge in [0.2, 0.25) is 0 Å². The van der Waals surface area contributed by atoms with Crippen LogP contribution in [0.1, 0.15) is 146 Å². The van der Waals surface area contributed by atoms with Crippen molar-refractivity contribution in [2.75, 3.05) is 0 Å². The Balaban J connectivity index is 1.22. The molecule has 0 saturated heterocycles. The Morgan fingerprint density at radius 2 is 1.10 bits per heavy atom. The van der Waals surface area contributed by atoms with Crippen LogP contribution in [0.3, 0.4) is 0 Å². The molecule has 3 heteroatoms. The summed E-state index contributed by atoms with van der Waals surface area (Å²) in [6.45, 7) is 0. The molecule has 1 aromatic carbocycles. The Morgan fingerprint density at radius 3 is 1.95 bits per heavy atom. The Labute approximate surface area is 247 Å². The number of nitrogens with zero attached hydrogens (tertiary/aromatic N) is 3. The molecule has 6 saturated carbocycles. The monoisotopic (exact) mass is 549 g/mol. The van der Waals surface area contributed by atoms with E-state index in [0.717, 1.165) is 59.2 Å². The maximum absolute atomic E-state index is 5.89. The number of pyridine rings is 3. The molecule has 13 rings (SSSR count). The highest BCUT2D eigenvalue weighted by molar-refractivity contribution is 6.24. The van der Waals surface area contributed by atoms with Gasteiger partial charge in [-0.05, 0) is 176 Å². The molecule has 3 heterocycles. The fourth-order valence-electron chi connectivity index (χ4n) is 14.4. The van der Waals surface area contributed by atoms with Crippen molar-refractivity contribution in [1.29, 1.82) is 0 Å². The number of hydrogen-bond acceptors (Lipinski definition) is 3. The minimum Gasteiger partial charge on any atom is -0.255 e. The maximum Gasteiger partial charge on any atom is 0.0824 e. The summed E-state index contributed by atoms with van der Waals surface area (Å²) in [6.07, 6.45) is 21.7. The molecule has 3 nitrogen and oxygen atoms in total. The van der Waals surface area contributed by atoms with Gasteiger partial charge in [0.1, 0.15) is 0 Å². The van der Waals surface area contributed by atoms with Crippen LogP contribution in [-0.4, -0.2) is 15.0 Å². The van der Waals surface area contributed by atoms with Gasteiger partial charge in [-0.2, -0.15) is 0 Å². The van der Waals surface area contributed by atoms with Crippen molar-refractivity contribution in [2.24, 2.45) is 35.5 Å². The van der Waals surface area contributed by atoms with Crippen molar-refractivity contribution in [3.05, 3.63) is 52.0 Å². The summed E-state index contributed by atoms with van der Waals surface area (Å²) >= 11 is 0. The molecule has 0 spiro atoms. The summed E-state index contributed by atoms with van der Waals surface area (Å²) < 4.78 is 0. The number of aromatic nitrogens is 3. The first-order chi connectivity index (χ1) is 20.7. The van der Waals surface area contributed by atoms with E-state index in [1.807, 2.05) is 0 Å². The molecule has 0 aliphatic heterocycles. The van der Waals surface area contributed by atoms with Gasteiger partial charge in [0, 0.05) is 40.2 Å². The second-order valence-corrected chi connectivity index (χ2v) is 17.2. The third kappa shape index (κ3) is 2.42. The summed E-state index contributed by atoms with van der Waals surface area (Å²) in [5.41, 5.74) is 13.6. The summed E-state index contributed by atoms with van der Waals surface area (Å²) in [5.74, 6) is 9.77. The third-order valence-electron chi connectivity index (χ3n) is 15.5. The van der Waals surface area contributed by atoms with Crippen LogP contribution >= 0.6 is 0 Å². The molecule has 42 heavy (non-hydrogen) atoms. The summed E-state index contributed by atoms with van der Waals surface area (Å²) in [7, 11) is 0. The highest BCUT2D eigenvalue weighted by Crippen LogP contribution is 2.65. The number of benzene rings is 1. The van der Waals surface area contributed by atoms with Gasteiger partial charge >= 0.3 is 0 Å². The van der Waals surface area contributed by atoms with Gasteiger partial charge in [-0.3, -0.25) is 15.0 Å². The highest BCUT2D eigenvalue weighted by atomic mass is 14.8. The quantitative estimate of drug-likeness (QED) is 0.205. The fourth-order valence-corrected chi connectivity index (χ4v) is 14.4. The second kappa shape index (κ2) is 7.05. The fraction of sp³-hybridized carbons (Fsp3) is 0.615. The largest absolute Gasteiger partial charge is 0.255 e. The van der Waals surface area contributed by atoms with Crippen molar-refractivity contribution in [3.63, 3.8) is 0 Å². The van der Waals surface area contributed by atoms with Crippen LogP contribution < -0.4 is 0 Å². The first-order valence-electron chi connectivity index (χ1n) is 17.8. The molecule has 12 unspecified atom stereocenters. The number of hydrogen-bond donors (Lipinski definition) is 0. The molecular formula is C39H39N3. The Kier molecular flexibility index (Phi) is 3.70. The zero-order chi connectivity index (χ0) is 26.6. The zero-order valence-electron chi connectivity index (χ0n) is 24.5. The smallest absolute Gasteiger partial charge is 0.0824 e. The lowest BCUT2D eigenvalue weighted by molar-refractivity contribution is 0.294. The van der Waals surface area contributed by atoms with Gasteiger partial charge in [0.05, 0.1) is 16.6 Å². The molecule has 210 valence electrons. The van der Waals surface area contributed by atoms with E-state index in [1.54, 1.807) is 27.8 Å². The van der Waals surface area contributed by atoms with Gasteiger partial charge in [-0.1, -0.05) is 0 Å². The summed E-state index contributed by atoms with van der Waals surface area (Å²) in [5, 5.41) is 4.34. The molecule has 9 aliphatic rings. The van der Waals surface area contributed by atoms with E-state index >= 15 is 0 Å². The van der Waals surface area contributed by atoms with Gasteiger partial charge in [-0.25, -0.2) is 0 Å². The van der Waals surface area contributed by atoms with E-state index < -0.39 is 0 Å². The minimum absolute atomic E-state index is 0.695. The van der Waals surface area contributed by atoms with E-state index in [-0.39, 0.29) is 0 Å². The van der Waals surface area contributed by atoms with Crippen LogP contribution in [-0.2, 0) is 0 Å². The predicted octanol–water partition coefficient (Wildman–Crippen LogP) is 9.33. The summed E-state index contributed by atoms with van der Waals surface area (Å²) in [4.78, 5) is 16.9. The molecule has 4 aromatic rings. The molecular weight excluding hydrogens is 510 g/mol. The topological polar surface area (TPSA) is 38.7 Å². The van der Waals surface area contributed by atoms with E-state index in [1.165, 1.54) is 115 Å². The van der Waals surface area contributed by atoms with Crippen molar-refractivity contribution in [2.45, 2.75) is 113 Å². The van der Waals surface area contributed by atoms with Crippen molar-refractivity contribution >= 4 is 32.7 Å². The molecule has 0 N–H and O–H groups in total. The van der Waals surface area contributed by atoms with Crippen LogP contribution in [0.2, 0.25) is 0 Å². The average molecular weight is 550 g/mol. The number of fused-ring (bicyclic) bond motifs is 23. The molecule has 12 atom stereocenters. The normalized spacial score (nSPS) is 44.0. The SMILES string of the molecule is c1nc2c3cc4c(nc3c3c5c(cnc3c2c2c1C1CC3CC(C1)C2C3)C1CC2CC5CC1C2)C1CC2CC4CC1C2. The number of rotatable bonds is 0. The zero-order valence-corrected chi connectivity index (χ0v) is 24.5. The van der Waals surface area contributed by atoms with Crippen molar-refractivity contribution in [3.8, 4) is 0 Å². The van der Waals surface area contributed by atoms with Gasteiger partial charge in [-0.15, -0.1) is 0 Å². The van der Waals surface area contributed by atoms with Crippen LogP contribution in [0.15, 0.2) is 18.5 Å². The average Bonchev–Trinajstić information content (AvgIpc) is 3.50.